The summed E-state index contributed by atoms with van der Waals surface area (Å²) in [4.78, 5) is 28.3. The van der Waals surface area contributed by atoms with Crippen molar-refractivity contribution < 1.29 is 14.3 Å². The van der Waals surface area contributed by atoms with Gasteiger partial charge in [0.1, 0.15) is 6.61 Å². The fraction of sp³-hybridized carbons (Fsp3) is 0.353. The van der Waals surface area contributed by atoms with Crippen LogP contribution in [-0.4, -0.2) is 35.7 Å². The van der Waals surface area contributed by atoms with Gasteiger partial charge in [-0.2, -0.15) is 0 Å². The Kier molecular flexibility index (Phi) is 3.60. The van der Waals surface area contributed by atoms with Crippen LogP contribution < -0.4 is 15.8 Å². The molecule has 3 atom stereocenters. The van der Waals surface area contributed by atoms with Crippen molar-refractivity contribution in [3.05, 3.63) is 30.0 Å². The van der Waals surface area contributed by atoms with Gasteiger partial charge in [-0.15, -0.1) is 11.8 Å². The summed E-state index contributed by atoms with van der Waals surface area (Å²) in [6.07, 6.45) is 4.50. The summed E-state index contributed by atoms with van der Waals surface area (Å²) in [5.74, 6) is 0.775. The summed E-state index contributed by atoms with van der Waals surface area (Å²) in [7, 11) is 0. The van der Waals surface area contributed by atoms with E-state index in [2.05, 4.69) is 10.3 Å². The molecule has 0 bridgehead atoms. The third kappa shape index (κ3) is 2.49. The molecule has 0 spiro atoms. The van der Waals surface area contributed by atoms with Crippen LogP contribution in [0.2, 0.25) is 0 Å². The predicted molar refractivity (Wildman–Crippen MR) is 91.1 cm³/mol. The number of pyridine rings is 1. The van der Waals surface area contributed by atoms with Crippen LogP contribution in [0.3, 0.4) is 0 Å². The third-order valence-electron chi connectivity index (χ3n) is 4.73. The number of fused-ring (bicyclic) bond motifs is 2. The lowest BCUT2D eigenvalue weighted by Crippen LogP contribution is -2.35. The van der Waals surface area contributed by atoms with E-state index in [1.54, 1.807) is 12.3 Å². The molecule has 24 heavy (non-hydrogen) atoms. The first-order valence-electron chi connectivity index (χ1n) is 7.78. The fourth-order valence-electron chi connectivity index (χ4n) is 3.34. The van der Waals surface area contributed by atoms with E-state index in [0.717, 1.165) is 22.1 Å². The van der Waals surface area contributed by atoms with Gasteiger partial charge >= 0.3 is 0 Å². The second kappa shape index (κ2) is 5.66. The molecule has 1 saturated heterocycles. The minimum atomic E-state index is -0.450. The lowest BCUT2D eigenvalue weighted by atomic mass is 10.1. The quantitative estimate of drug-likeness (QED) is 0.804. The van der Waals surface area contributed by atoms with Crippen LogP contribution in [0.15, 0.2) is 29.3 Å². The number of nitrogens with zero attached hydrogens (tertiary/aromatic N) is 1. The molecule has 0 unspecified atom stereocenters. The first-order valence-corrected chi connectivity index (χ1v) is 9.00. The minimum Gasteiger partial charge on any atom is -0.475 e. The van der Waals surface area contributed by atoms with Crippen LogP contribution in [-0.2, 0) is 4.79 Å². The first-order chi connectivity index (χ1) is 11.6. The number of nitrogens with one attached hydrogen (secondary N) is 1. The zero-order valence-corrected chi connectivity index (χ0v) is 13.9. The molecule has 0 radical (unpaired) electrons. The van der Waals surface area contributed by atoms with Gasteiger partial charge in [-0.05, 0) is 42.2 Å². The first kappa shape index (κ1) is 15.3. The molecule has 2 aromatic rings. The number of amides is 2. The number of nitrogens with two attached hydrogens (primary N) is 1. The third-order valence-corrected chi connectivity index (χ3v) is 5.51. The summed E-state index contributed by atoms with van der Waals surface area (Å²) < 4.78 is 5.90. The molecule has 1 aromatic heterocycles. The molecular formula is C17H17N3O3S. The predicted octanol–water partition coefficient (Wildman–Crippen LogP) is 1.57. The second-order valence-electron chi connectivity index (χ2n) is 6.19. The maximum absolute atomic E-state index is 11.6. The highest BCUT2D eigenvalue weighted by molar-refractivity contribution is 7.98. The van der Waals surface area contributed by atoms with Crippen molar-refractivity contribution in [1.82, 2.24) is 10.3 Å². The van der Waals surface area contributed by atoms with Crippen molar-refractivity contribution in [2.45, 2.75) is 17.4 Å². The number of carbonyl (C=O) groups excluding carboxylic acids is 2. The van der Waals surface area contributed by atoms with Gasteiger partial charge in [0.25, 0.3) is 0 Å². The Bertz CT molecular complexity index is 854. The topological polar surface area (TPSA) is 94.3 Å². The smallest absolute Gasteiger partial charge is 0.249 e. The SMILES string of the molecule is CSc1cc2c(OC[C@H]3NC(=O)[C@@H]4C[C@H]34)nccc2cc1C(N)=O. The standard InChI is InChI=1S/C17H17N3O3S/c1-24-14-6-9-8(4-12(14)15(18)21)2-3-19-17(9)23-7-13-10-5-11(10)16(22)20-13/h2-4,6,10-11,13H,5,7H2,1H3,(H2,18,21)(H,20,22)/t10-,11+,13+/m0/s1. The summed E-state index contributed by atoms with van der Waals surface area (Å²) in [5.41, 5.74) is 5.95. The largest absolute Gasteiger partial charge is 0.475 e. The van der Waals surface area contributed by atoms with Crippen molar-refractivity contribution in [3.63, 3.8) is 0 Å². The lowest BCUT2D eigenvalue weighted by Gasteiger charge is -2.15. The van der Waals surface area contributed by atoms with Gasteiger partial charge in [0.2, 0.25) is 17.7 Å². The molecule has 1 aliphatic carbocycles. The molecule has 2 amide bonds. The van der Waals surface area contributed by atoms with E-state index < -0.39 is 5.91 Å². The molecule has 7 heteroatoms. The monoisotopic (exact) mass is 343 g/mol. The molecule has 2 heterocycles. The number of benzene rings is 1. The second-order valence-corrected chi connectivity index (χ2v) is 7.03. The van der Waals surface area contributed by atoms with E-state index in [0.29, 0.717) is 24.0 Å². The minimum absolute atomic E-state index is 0.0597. The number of aromatic nitrogens is 1. The number of ether oxygens (including phenoxy) is 1. The number of carbonyl (C=O) groups is 2. The average Bonchev–Trinajstić information content (AvgIpc) is 3.32. The summed E-state index contributed by atoms with van der Waals surface area (Å²) in [6.45, 7) is 0.408. The molecule has 1 aliphatic heterocycles. The summed E-state index contributed by atoms with van der Waals surface area (Å²) >= 11 is 1.46. The van der Waals surface area contributed by atoms with E-state index >= 15 is 0 Å². The Balaban J connectivity index is 1.63. The van der Waals surface area contributed by atoms with Gasteiger partial charge in [0.15, 0.2) is 0 Å². The summed E-state index contributed by atoms with van der Waals surface area (Å²) in [5, 5.41) is 4.65. The van der Waals surface area contributed by atoms with Crippen LogP contribution in [0, 0.1) is 11.8 Å². The Morgan fingerprint density at radius 3 is 2.96 bits per heavy atom. The molecule has 4 rings (SSSR count). The van der Waals surface area contributed by atoms with Crippen LogP contribution in [0.1, 0.15) is 16.8 Å². The van der Waals surface area contributed by atoms with Gasteiger partial charge in [0.05, 0.1) is 11.6 Å². The highest BCUT2D eigenvalue weighted by Crippen LogP contribution is 2.46. The number of thioether (sulfide) groups is 1. The van der Waals surface area contributed by atoms with Crippen LogP contribution in [0.4, 0.5) is 0 Å². The van der Waals surface area contributed by atoms with E-state index in [-0.39, 0.29) is 17.9 Å². The Hall–Kier alpha value is -2.28. The van der Waals surface area contributed by atoms with Crippen molar-refractivity contribution in [3.8, 4) is 5.88 Å². The average molecular weight is 343 g/mol. The highest BCUT2D eigenvalue weighted by Gasteiger charge is 2.54. The number of hydrogen-bond acceptors (Lipinski definition) is 5. The normalized spacial score (nSPS) is 24.5. The molecular weight excluding hydrogens is 326 g/mol. The number of rotatable bonds is 5. The van der Waals surface area contributed by atoms with Crippen LogP contribution >= 0.6 is 11.8 Å². The fourth-order valence-corrected chi connectivity index (χ4v) is 3.96. The maximum atomic E-state index is 11.6. The van der Waals surface area contributed by atoms with Crippen molar-refractivity contribution in [2.75, 3.05) is 12.9 Å². The highest BCUT2D eigenvalue weighted by atomic mass is 32.2. The Morgan fingerprint density at radius 2 is 2.33 bits per heavy atom. The number of piperidine rings is 1. The molecule has 6 nitrogen and oxygen atoms in total. The Morgan fingerprint density at radius 1 is 1.50 bits per heavy atom. The molecule has 124 valence electrons. The molecule has 2 aliphatic rings. The van der Waals surface area contributed by atoms with Crippen molar-refractivity contribution in [1.29, 1.82) is 0 Å². The van der Waals surface area contributed by atoms with E-state index in [1.807, 2.05) is 18.4 Å². The number of primary amides is 1. The van der Waals surface area contributed by atoms with Crippen molar-refractivity contribution >= 4 is 34.3 Å². The molecule has 1 saturated carbocycles. The van der Waals surface area contributed by atoms with Gasteiger partial charge < -0.3 is 15.8 Å². The van der Waals surface area contributed by atoms with Crippen molar-refractivity contribution in [2.24, 2.45) is 17.6 Å². The molecule has 2 fully saturated rings. The number of hydrogen-bond donors (Lipinski definition) is 2. The van der Waals surface area contributed by atoms with E-state index in [9.17, 15) is 9.59 Å². The zero-order chi connectivity index (χ0) is 16.8. The van der Waals surface area contributed by atoms with E-state index in [1.165, 1.54) is 11.8 Å². The van der Waals surface area contributed by atoms with Gasteiger partial charge in [-0.25, -0.2) is 4.98 Å². The summed E-state index contributed by atoms with van der Waals surface area (Å²) in [6, 6.07) is 5.54. The zero-order valence-electron chi connectivity index (χ0n) is 13.1. The van der Waals surface area contributed by atoms with Gasteiger partial charge in [0, 0.05) is 22.4 Å². The van der Waals surface area contributed by atoms with Crippen LogP contribution in [0.25, 0.3) is 10.8 Å². The Labute approximate surface area is 143 Å². The molecule has 3 N–H and O–H groups in total. The molecule has 1 aromatic carbocycles. The van der Waals surface area contributed by atoms with Gasteiger partial charge in [-0.3, -0.25) is 9.59 Å². The van der Waals surface area contributed by atoms with Crippen LogP contribution in [0.5, 0.6) is 5.88 Å². The van der Waals surface area contributed by atoms with E-state index in [4.69, 9.17) is 10.5 Å². The lowest BCUT2D eigenvalue weighted by molar-refractivity contribution is -0.121. The maximum Gasteiger partial charge on any atom is 0.249 e. The van der Waals surface area contributed by atoms with Gasteiger partial charge in [-0.1, -0.05) is 0 Å².